The Morgan fingerprint density at radius 3 is 2.48 bits per heavy atom. The number of rotatable bonds is 5. The Labute approximate surface area is 156 Å². The molecule has 0 aromatic heterocycles. The molecular weight excluding hydrogens is 357 g/mol. The van der Waals surface area contributed by atoms with Crippen LogP contribution in [-0.4, -0.2) is 5.91 Å². The van der Waals surface area contributed by atoms with Gasteiger partial charge in [-0.25, -0.2) is 0 Å². The minimum absolute atomic E-state index is 0.304. The zero-order valence-electron chi connectivity index (χ0n) is 13.2. The second-order valence-corrected chi connectivity index (χ2v) is 6.22. The fourth-order valence-electron chi connectivity index (χ4n) is 2.28. The number of halogens is 2. The van der Waals surface area contributed by atoms with Crippen molar-refractivity contribution in [3.8, 4) is 5.75 Å². The maximum absolute atomic E-state index is 12.4. The predicted octanol–water partition coefficient (Wildman–Crippen LogP) is 5.82. The third-order valence-electron chi connectivity index (χ3n) is 3.52. The lowest BCUT2D eigenvalue weighted by atomic mass is 10.2. The lowest BCUT2D eigenvalue weighted by Crippen LogP contribution is -2.12. The normalized spacial score (nSPS) is 10.3. The van der Waals surface area contributed by atoms with Gasteiger partial charge < -0.3 is 10.1 Å². The van der Waals surface area contributed by atoms with Crippen LogP contribution in [0.3, 0.4) is 0 Å². The summed E-state index contributed by atoms with van der Waals surface area (Å²) in [6, 6.07) is 21.9. The molecule has 0 unspecified atom stereocenters. The molecule has 0 aliphatic carbocycles. The lowest BCUT2D eigenvalue weighted by molar-refractivity contribution is 0.102. The van der Waals surface area contributed by atoms with E-state index in [1.54, 1.807) is 24.3 Å². The molecule has 0 spiro atoms. The average molecular weight is 372 g/mol. The van der Waals surface area contributed by atoms with Crippen LogP contribution in [0.4, 0.5) is 5.69 Å². The van der Waals surface area contributed by atoms with Gasteiger partial charge in [0.25, 0.3) is 5.91 Å². The fourth-order valence-corrected chi connectivity index (χ4v) is 2.77. The molecule has 126 valence electrons. The Hall–Kier alpha value is -2.49. The number of hydrogen-bond acceptors (Lipinski definition) is 2. The van der Waals surface area contributed by atoms with Crippen LogP contribution in [-0.2, 0) is 6.61 Å². The quantitative estimate of drug-likeness (QED) is 0.612. The Bertz CT molecular complexity index is 882. The number of carbonyl (C=O) groups is 1. The van der Waals surface area contributed by atoms with Crippen LogP contribution >= 0.6 is 23.2 Å². The molecule has 3 aromatic carbocycles. The van der Waals surface area contributed by atoms with E-state index >= 15 is 0 Å². The van der Waals surface area contributed by atoms with Crippen LogP contribution in [0.5, 0.6) is 5.75 Å². The summed E-state index contributed by atoms with van der Waals surface area (Å²) in [6.07, 6.45) is 0. The number of anilines is 1. The molecule has 25 heavy (non-hydrogen) atoms. The van der Waals surface area contributed by atoms with Crippen LogP contribution in [0, 0.1) is 0 Å². The molecule has 0 bridgehead atoms. The summed E-state index contributed by atoms with van der Waals surface area (Å²) < 4.78 is 5.76. The van der Waals surface area contributed by atoms with Crippen molar-refractivity contribution >= 4 is 34.8 Å². The van der Waals surface area contributed by atoms with Crippen molar-refractivity contribution in [3.63, 3.8) is 0 Å². The molecule has 0 aliphatic heterocycles. The average Bonchev–Trinajstić information content (AvgIpc) is 2.61. The first-order chi connectivity index (χ1) is 12.1. The molecular formula is C20H15Cl2NO2. The molecule has 0 atom stereocenters. The maximum Gasteiger partial charge on any atom is 0.257 e. The summed E-state index contributed by atoms with van der Waals surface area (Å²) in [5.41, 5.74) is 2.06. The summed E-state index contributed by atoms with van der Waals surface area (Å²) in [7, 11) is 0. The zero-order chi connectivity index (χ0) is 17.6. The SMILES string of the molecule is O=C(Nc1cccc(OCc2ccccc2)c1)c1ccc(Cl)cc1Cl. The smallest absolute Gasteiger partial charge is 0.257 e. The maximum atomic E-state index is 12.4. The van der Waals surface area contributed by atoms with E-state index in [1.807, 2.05) is 42.5 Å². The summed E-state index contributed by atoms with van der Waals surface area (Å²) in [4.78, 5) is 12.4. The van der Waals surface area contributed by atoms with E-state index in [2.05, 4.69) is 5.32 Å². The zero-order valence-corrected chi connectivity index (χ0v) is 14.7. The second kappa shape index (κ2) is 8.06. The summed E-state index contributed by atoms with van der Waals surface area (Å²) >= 11 is 11.9. The molecule has 0 aliphatic rings. The third-order valence-corrected chi connectivity index (χ3v) is 4.06. The Morgan fingerprint density at radius 2 is 1.72 bits per heavy atom. The number of hydrogen-bond donors (Lipinski definition) is 1. The van der Waals surface area contributed by atoms with Crippen LogP contribution < -0.4 is 10.1 Å². The molecule has 1 amide bonds. The van der Waals surface area contributed by atoms with E-state index in [-0.39, 0.29) is 5.91 Å². The molecule has 5 heteroatoms. The lowest BCUT2D eigenvalue weighted by Gasteiger charge is -2.10. The van der Waals surface area contributed by atoms with Gasteiger partial charge in [-0.3, -0.25) is 4.79 Å². The van der Waals surface area contributed by atoms with Gasteiger partial charge >= 0.3 is 0 Å². The highest BCUT2D eigenvalue weighted by molar-refractivity contribution is 6.37. The van der Waals surface area contributed by atoms with Crippen molar-refractivity contribution in [1.29, 1.82) is 0 Å². The molecule has 0 saturated carbocycles. The van der Waals surface area contributed by atoms with Crippen molar-refractivity contribution < 1.29 is 9.53 Å². The number of amides is 1. The minimum atomic E-state index is -0.304. The van der Waals surface area contributed by atoms with Gasteiger partial charge in [0.2, 0.25) is 0 Å². The van der Waals surface area contributed by atoms with Gasteiger partial charge in [-0.1, -0.05) is 59.6 Å². The van der Waals surface area contributed by atoms with Crippen LogP contribution in [0.1, 0.15) is 15.9 Å². The Balaban J connectivity index is 1.68. The van der Waals surface area contributed by atoms with Crippen LogP contribution in [0.25, 0.3) is 0 Å². The van der Waals surface area contributed by atoms with Crippen molar-refractivity contribution in [2.75, 3.05) is 5.32 Å². The highest BCUT2D eigenvalue weighted by atomic mass is 35.5. The molecule has 3 nitrogen and oxygen atoms in total. The van der Waals surface area contributed by atoms with Crippen molar-refractivity contribution in [2.24, 2.45) is 0 Å². The highest BCUT2D eigenvalue weighted by Crippen LogP contribution is 2.23. The first-order valence-electron chi connectivity index (χ1n) is 7.65. The summed E-state index contributed by atoms with van der Waals surface area (Å²) in [6.45, 7) is 0.460. The first-order valence-corrected chi connectivity index (χ1v) is 8.40. The van der Waals surface area contributed by atoms with Gasteiger partial charge in [0.05, 0.1) is 10.6 Å². The number of carbonyl (C=O) groups excluding carboxylic acids is 1. The Kier molecular flexibility index (Phi) is 5.59. The molecule has 0 saturated heterocycles. The topological polar surface area (TPSA) is 38.3 Å². The van der Waals surface area contributed by atoms with Gasteiger partial charge in [-0.2, -0.15) is 0 Å². The Morgan fingerprint density at radius 1 is 0.920 bits per heavy atom. The van der Waals surface area contributed by atoms with E-state index in [9.17, 15) is 4.79 Å². The fraction of sp³-hybridized carbons (Fsp3) is 0.0500. The van der Waals surface area contributed by atoms with Crippen molar-refractivity contribution in [2.45, 2.75) is 6.61 Å². The van der Waals surface area contributed by atoms with E-state index < -0.39 is 0 Å². The van der Waals surface area contributed by atoms with Crippen LogP contribution in [0.15, 0.2) is 72.8 Å². The highest BCUT2D eigenvalue weighted by Gasteiger charge is 2.11. The van der Waals surface area contributed by atoms with Gasteiger partial charge in [0, 0.05) is 16.8 Å². The largest absolute Gasteiger partial charge is 0.489 e. The summed E-state index contributed by atoms with van der Waals surface area (Å²) in [5, 5.41) is 3.60. The number of ether oxygens (including phenoxy) is 1. The predicted molar refractivity (Wildman–Crippen MR) is 102 cm³/mol. The molecule has 3 aromatic rings. The minimum Gasteiger partial charge on any atom is -0.489 e. The van der Waals surface area contributed by atoms with Gasteiger partial charge in [0.15, 0.2) is 0 Å². The monoisotopic (exact) mass is 371 g/mol. The van der Waals surface area contributed by atoms with Gasteiger partial charge in [-0.15, -0.1) is 0 Å². The van der Waals surface area contributed by atoms with E-state index in [1.165, 1.54) is 6.07 Å². The van der Waals surface area contributed by atoms with Gasteiger partial charge in [-0.05, 0) is 35.9 Å². The van der Waals surface area contributed by atoms with Crippen LogP contribution in [0.2, 0.25) is 10.0 Å². The van der Waals surface area contributed by atoms with Gasteiger partial charge in [0.1, 0.15) is 12.4 Å². The molecule has 3 rings (SSSR count). The standard InChI is InChI=1S/C20H15Cl2NO2/c21-15-9-10-18(19(22)11-15)20(24)23-16-7-4-8-17(12-16)25-13-14-5-2-1-3-6-14/h1-12H,13H2,(H,23,24). The first kappa shape index (κ1) is 17.3. The molecule has 0 fully saturated rings. The second-order valence-electron chi connectivity index (χ2n) is 5.38. The third kappa shape index (κ3) is 4.75. The molecule has 0 radical (unpaired) electrons. The van der Waals surface area contributed by atoms with E-state index in [0.717, 1.165) is 5.56 Å². The van der Waals surface area contributed by atoms with Crippen molar-refractivity contribution in [1.82, 2.24) is 0 Å². The van der Waals surface area contributed by atoms with E-state index in [0.29, 0.717) is 33.7 Å². The molecule has 1 N–H and O–H groups in total. The number of nitrogens with one attached hydrogen (secondary N) is 1. The molecule has 0 heterocycles. The van der Waals surface area contributed by atoms with E-state index in [4.69, 9.17) is 27.9 Å². The van der Waals surface area contributed by atoms with Crippen molar-refractivity contribution in [3.05, 3.63) is 94.0 Å². The summed E-state index contributed by atoms with van der Waals surface area (Å²) in [5.74, 6) is 0.366. The number of benzene rings is 3.